The zero-order chi connectivity index (χ0) is 29.4. The molecule has 0 saturated carbocycles. The van der Waals surface area contributed by atoms with Crippen molar-refractivity contribution in [2.75, 3.05) is 25.6 Å². The summed E-state index contributed by atoms with van der Waals surface area (Å²) in [4.78, 5) is 23.8. The Labute approximate surface area is 242 Å². The Balaban J connectivity index is 1.37. The minimum Gasteiger partial charge on any atom is -0.476 e. The Morgan fingerprint density at radius 3 is 2.78 bits per heavy atom. The molecule has 3 N–H and O–H groups in total. The summed E-state index contributed by atoms with van der Waals surface area (Å²) in [5, 5.41) is 2.98. The number of carbonyl (C=O) groups is 1. The second kappa shape index (κ2) is 11.8. The van der Waals surface area contributed by atoms with Crippen molar-refractivity contribution in [1.29, 1.82) is 0 Å². The highest BCUT2D eigenvalue weighted by Crippen LogP contribution is 2.58. The molecule has 4 heterocycles. The van der Waals surface area contributed by atoms with Gasteiger partial charge in [-0.3, -0.25) is 18.4 Å². The maximum atomic E-state index is 13.9. The van der Waals surface area contributed by atoms with E-state index in [1.807, 2.05) is 37.3 Å². The van der Waals surface area contributed by atoms with Crippen molar-refractivity contribution < 1.29 is 32.6 Å². The van der Waals surface area contributed by atoms with Gasteiger partial charge in [-0.15, -0.1) is 11.6 Å². The van der Waals surface area contributed by atoms with Gasteiger partial charge >= 0.3 is 13.7 Å². The molecule has 1 aromatic carbocycles. The van der Waals surface area contributed by atoms with Crippen molar-refractivity contribution in [3.05, 3.63) is 42.2 Å². The second-order valence-corrected chi connectivity index (χ2v) is 13.0. The summed E-state index contributed by atoms with van der Waals surface area (Å²) in [6, 6.07) is 9.01. The van der Waals surface area contributed by atoms with E-state index in [-0.39, 0.29) is 36.9 Å². The predicted octanol–water partition coefficient (Wildman–Crippen LogP) is 3.63. The van der Waals surface area contributed by atoms with Gasteiger partial charge in [0.1, 0.15) is 23.7 Å². The van der Waals surface area contributed by atoms with Gasteiger partial charge in [-0.1, -0.05) is 44.2 Å². The van der Waals surface area contributed by atoms with Gasteiger partial charge in [-0.25, -0.2) is 14.6 Å². The number of hydrogen-bond acceptors (Lipinski definition) is 11. The molecule has 41 heavy (non-hydrogen) atoms. The molecule has 3 aromatic rings. The van der Waals surface area contributed by atoms with E-state index in [1.54, 1.807) is 25.3 Å². The van der Waals surface area contributed by atoms with Gasteiger partial charge in [0.05, 0.1) is 31.5 Å². The van der Waals surface area contributed by atoms with Crippen LogP contribution in [0, 0.1) is 5.92 Å². The van der Waals surface area contributed by atoms with Gasteiger partial charge in [0.15, 0.2) is 17.4 Å². The molecule has 2 aromatic heterocycles. The third kappa shape index (κ3) is 6.20. The number of carbonyl (C=O) groups excluding carboxylic acids is 1. The maximum absolute atomic E-state index is 13.9. The smallest absolute Gasteiger partial charge is 0.406 e. The topological polar surface area (TPSA) is 162 Å². The van der Waals surface area contributed by atoms with Crippen LogP contribution in [0.4, 0.5) is 5.95 Å². The maximum Gasteiger partial charge on any atom is 0.406 e. The van der Waals surface area contributed by atoms with Crippen LogP contribution in [-0.4, -0.2) is 68.4 Å². The van der Waals surface area contributed by atoms with Crippen LogP contribution in [0.25, 0.3) is 11.2 Å². The molecule has 0 unspecified atom stereocenters. The summed E-state index contributed by atoms with van der Waals surface area (Å²) in [7, 11) is -3.91. The lowest BCUT2D eigenvalue weighted by Gasteiger charge is -2.36. The highest BCUT2D eigenvalue weighted by atomic mass is 35.5. The number of aromatic nitrogens is 4. The molecule has 5 rings (SSSR count). The molecule has 2 aliphatic rings. The first kappa shape index (κ1) is 29.7. The Hall–Kier alpha value is -2.80. The molecule has 15 heteroatoms. The van der Waals surface area contributed by atoms with E-state index in [9.17, 15) is 9.36 Å². The highest BCUT2D eigenvalue weighted by Gasteiger charge is 2.60. The molecule has 2 fully saturated rings. The number of hydrogen-bond donors (Lipinski definition) is 2. The monoisotopic (exact) mass is 608 g/mol. The Morgan fingerprint density at radius 1 is 1.32 bits per heavy atom. The number of nitrogens with two attached hydrogens (primary N) is 1. The van der Waals surface area contributed by atoms with Crippen LogP contribution in [-0.2, 0) is 34.3 Å². The summed E-state index contributed by atoms with van der Waals surface area (Å²) in [6.45, 7) is 7.33. The molecule has 13 nitrogen and oxygen atoms in total. The van der Waals surface area contributed by atoms with Gasteiger partial charge < -0.3 is 19.9 Å². The normalized spacial score (nSPS) is 28.5. The van der Waals surface area contributed by atoms with Crippen LogP contribution in [0.15, 0.2) is 36.7 Å². The quantitative estimate of drug-likeness (QED) is 0.196. The number of ether oxygens (including phenoxy) is 3. The summed E-state index contributed by atoms with van der Waals surface area (Å²) >= 11 is 7.09. The molecule has 0 radical (unpaired) electrons. The molecule has 222 valence electrons. The van der Waals surface area contributed by atoms with E-state index in [2.05, 4.69) is 20.0 Å². The number of nitrogen functional groups attached to an aromatic ring is 1. The number of alkyl halides is 1. The van der Waals surface area contributed by atoms with Crippen LogP contribution in [0.5, 0.6) is 5.88 Å². The molecule has 0 bridgehead atoms. The number of anilines is 1. The first-order chi connectivity index (χ1) is 19.5. The second-order valence-electron chi connectivity index (χ2n) is 10.4. The first-order valence-corrected chi connectivity index (χ1v) is 15.3. The number of fused-ring (bicyclic) bond motifs is 2. The van der Waals surface area contributed by atoms with Crippen molar-refractivity contribution in [1.82, 2.24) is 24.6 Å². The van der Waals surface area contributed by atoms with Crippen molar-refractivity contribution in [2.24, 2.45) is 5.92 Å². The summed E-state index contributed by atoms with van der Waals surface area (Å²) < 4.78 is 44.7. The molecular formula is C26H34ClN6O7P. The fraction of sp³-hybridized carbons (Fsp3) is 0.538. The van der Waals surface area contributed by atoms with Gasteiger partial charge in [-0.05, 0) is 25.8 Å². The lowest BCUT2D eigenvalue weighted by Crippen LogP contribution is -2.47. The molecule has 6 atom stereocenters. The van der Waals surface area contributed by atoms with Gasteiger partial charge in [-0.2, -0.15) is 9.97 Å². The minimum absolute atomic E-state index is 0.00491. The summed E-state index contributed by atoms with van der Waals surface area (Å²) in [5.74, 6) is -0.416. The standard InChI is InChI=1S/C26H34ClN6O7P/c1-5-36-22-19-21(30-25(28)31-22)33(14-29-19)24-26(4,27)20-18(39-24)13-38-41(35,40-20)32-17(12-37-23(34)15(2)3)11-16-9-7-6-8-10-16/h6-10,14-15,17-18,20,24H,5,11-13H2,1-4H3,(H,32,35)(H2,28,30,31)/t17-,18+,20+,24+,26+,41-/m0/s1. The minimum atomic E-state index is -3.91. The van der Waals surface area contributed by atoms with E-state index in [1.165, 1.54) is 6.33 Å². The molecule has 0 spiro atoms. The molecule has 2 saturated heterocycles. The van der Waals surface area contributed by atoms with Crippen LogP contribution >= 0.6 is 19.3 Å². The molecule has 0 aliphatic carbocycles. The number of rotatable bonds is 10. The number of benzene rings is 1. The van der Waals surface area contributed by atoms with Crippen molar-refractivity contribution >= 4 is 42.4 Å². The SMILES string of the molecule is CCOc1nc(N)nc2c1ncn2[C@@H]1O[C@@H]2CO[P@@](=O)(N[C@H](COC(=O)C(C)C)Cc3ccccc3)O[C@H]2[C@@]1(C)Cl. The van der Waals surface area contributed by atoms with Gasteiger partial charge in [0.25, 0.3) is 0 Å². The zero-order valence-electron chi connectivity index (χ0n) is 23.2. The fourth-order valence-corrected chi connectivity index (χ4v) is 7.07. The number of nitrogens with one attached hydrogen (secondary N) is 1. The Morgan fingerprint density at radius 2 is 2.07 bits per heavy atom. The Kier molecular flexibility index (Phi) is 8.56. The van der Waals surface area contributed by atoms with Crippen LogP contribution in [0.1, 0.15) is 39.5 Å². The van der Waals surface area contributed by atoms with Crippen molar-refractivity contribution in [3.63, 3.8) is 0 Å². The highest BCUT2D eigenvalue weighted by molar-refractivity contribution is 7.51. The molecule has 2 aliphatic heterocycles. The molecular weight excluding hydrogens is 575 g/mol. The third-order valence-corrected chi connectivity index (χ3v) is 8.92. The van der Waals surface area contributed by atoms with Crippen LogP contribution in [0.3, 0.4) is 0 Å². The fourth-order valence-electron chi connectivity index (χ4n) is 4.86. The lowest BCUT2D eigenvalue weighted by molar-refractivity contribution is -0.148. The average Bonchev–Trinajstić information content (AvgIpc) is 3.45. The summed E-state index contributed by atoms with van der Waals surface area (Å²) in [6.07, 6.45) is -0.365. The number of halogens is 1. The van der Waals surface area contributed by atoms with E-state index in [0.29, 0.717) is 24.2 Å². The van der Waals surface area contributed by atoms with Crippen molar-refractivity contribution in [3.8, 4) is 5.88 Å². The Bertz CT molecular complexity index is 1440. The number of esters is 1. The van der Waals surface area contributed by atoms with Crippen molar-refractivity contribution in [2.45, 2.75) is 63.5 Å². The third-order valence-electron chi connectivity index (χ3n) is 6.85. The first-order valence-electron chi connectivity index (χ1n) is 13.4. The average molecular weight is 609 g/mol. The van der Waals surface area contributed by atoms with E-state index >= 15 is 0 Å². The van der Waals surface area contributed by atoms with Gasteiger partial charge in [0, 0.05) is 0 Å². The van der Waals surface area contributed by atoms with E-state index in [4.69, 9.17) is 40.6 Å². The van der Waals surface area contributed by atoms with Crippen LogP contribution < -0.4 is 15.6 Å². The largest absolute Gasteiger partial charge is 0.476 e. The van der Waals surface area contributed by atoms with E-state index in [0.717, 1.165) is 5.56 Å². The number of nitrogens with zero attached hydrogens (tertiary/aromatic N) is 4. The molecule has 0 amide bonds. The number of imidazole rings is 1. The van der Waals surface area contributed by atoms with Crippen LogP contribution in [0.2, 0.25) is 0 Å². The summed E-state index contributed by atoms with van der Waals surface area (Å²) in [5.41, 5.74) is 7.65. The lowest BCUT2D eigenvalue weighted by atomic mass is 10.0. The van der Waals surface area contributed by atoms with Gasteiger partial charge in [0.2, 0.25) is 11.8 Å². The van der Waals surface area contributed by atoms with E-state index < -0.39 is 37.1 Å². The predicted molar refractivity (Wildman–Crippen MR) is 150 cm³/mol. The zero-order valence-corrected chi connectivity index (χ0v) is 24.9.